The summed E-state index contributed by atoms with van der Waals surface area (Å²) in [5.41, 5.74) is 6.01. The average molecular weight is 393 g/mol. The maximum Gasteiger partial charge on any atom is 0.269 e. The molecule has 0 saturated heterocycles. The van der Waals surface area contributed by atoms with Gasteiger partial charge < -0.3 is 4.90 Å². The van der Waals surface area contributed by atoms with Gasteiger partial charge in [0.2, 0.25) is 5.91 Å². The van der Waals surface area contributed by atoms with Crippen molar-refractivity contribution >= 4 is 29.3 Å². The van der Waals surface area contributed by atoms with E-state index in [1.54, 1.807) is 12.1 Å². The lowest BCUT2D eigenvalue weighted by atomic mass is 10.2. The van der Waals surface area contributed by atoms with Crippen LogP contribution in [0.5, 0.6) is 0 Å². The Kier molecular flexibility index (Phi) is 7.60. The molecule has 2 amide bonds. The zero-order valence-electron chi connectivity index (χ0n) is 15.1. The maximum atomic E-state index is 13.5. The largest absolute Gasteiger partial charge is 0.372 e. The topological polar surface area (TPSA) is 61.4 Å². The fraction of sp³-hybridized carbons (Fsp3) is 0.263. The SMILES string of the molecule is CCN(CC)c1ccc(C(=O)NNC(=O)CSc2ccc(F)cc2F)cc1. The van der Waals surface area contributed by atoms with Crippen LogP contribution in [0.25, 0.3) is 0 Å². The molecule has 0 spiro atoms. The third kappa shape index (κ3) is 5.96. The summed E-state index contributed by atoms with van der Waals surface area (Å²) in [7, 11) is 0. The fourth-order valence-corrected chi connectivity index (χ4v) is 3.10. The number of anilines is 1. The van der Waals surface area contributed by atoms with Gasteiger partial charge in [-0.2, -0.15) is 0 Å². The molecule has 2 N–H and O–H groups in total. The van der Waals surface area contributed by atoms with Crippen molar-refractivity contribution in [1.82, 2.24) is 10.9 Å². The number of carbonyl (C=O) groups excluding carboxylic acids is 2. The van der Waals surface area contributed by atoms with E-state index in [2.05, 4.69) is 29.6 Å². The van der Waals surface area contributed by atoms with Crippen molar-refractivity contribution in [3.63, 3.8) is 0 Å². The molecule has 8 heteroatoms. The molecule has 0 heterocycles. The van der Waals surface area contributed by atoms with Crippen molar-refractivity contribution in [2.75, 3.05) is 23.7 Å². The minimum atomic E-state index is -0.731. The lowest BCUT2D eigenvalue weighted by Gasteiger charge is -2.21. The molecule has 0 bridgehead atoms. The van der Waals surface area contributed by atoms with E-state index < -0.39 is 23.4 Å². The van der Waals surface area contributed by atoms with Gasteiger partial charge in [0, 0.05) is 35.3 Å². The van der Waals surface area contributed by atoms with E-state index in [9.17, 15) is 18.4 Å². The molecule has 0 atom stereocenters. The number of halogens is 2. The normalized spacial score (nSPS) is 10.4. The lowest BCUT2D eigenvalue weighted by molar-refractivity contribution is -0.119. The highest BCUT2D eigenvalue weighted by atomic mass is 32.2. The summed E-state index contributed by atoms with van der Waals surface area (Å²) in [6, 6.07) is 10.2. The Morgan fingerprint density at radius 2 is 1.67 bits per heavy atom. The Bertz CT molecular complexity index is 796. The van der Waals surface area contributed by atoms with E-state index in [-0.39, 0.29) is 10.6 Å². The quantitative estimate of drug-likeness (QED) is 0.559. The molecule has 0 aliphatic carbocycles. The van der Waals surface area contributed by atoms with Crippen molar-refractivity contribution in [2.45, 2.75) is 18.7 Å². The Labute approximate surface area is 161 Å². The van der Waals surface area contributed by atoms with Gasteiger partial charge in [-0.15, -0.1) is 11.8 Å². The first kappa shape index (κ1) is 20.7. The van der Waals surface area contributed by atoms with Gasteiger partial charge in [-0.25, -0.2) is 8.78 Å². The van der Waals surface area contributed by atoms with E-state index in [1.165, 1.54) is 6.07 Å². The molecule has 0 aliphatic rings. The first-order valence-corrected chi connectivity index (χ1v) is 9.45. The van der Waals surface area contributed by atoms with Crippen LogP contribution in [0.15, 0.2) is 47.4 Å². The second-order valence-electron chi connectivity index (χ2n) is 5.58. The van der Waals surface area contributed by atoms with E-state index in [0.29, 0.717) is 5.56 Å². The molecule has 2 aromatic rings. The predicted molar refractivity (Wildman–Crippen MR) is 103 cm³/mol. The standard InChI is InChI=1S/C19H21F2N3O2S/c1-3-24(4-2)15-8-5-13(6-9-15)19(26)23-22-18(25)12-27-17-10-7-14(20)11-16(17)21/h5-11H,3-4,12H2,1-2H3,(H,22,25)(H,23,26). The zero-order chi connectivity index (χ0) is 19.8. The molecule has 2 rings (SSSR count). The Morgan fingerprint density at radius 1 is 1.00 bits per heavy atom. The Hall–Kier alpha value is -2.61. The smallest absolute Gasteiger partial charge is 0.269 e. The number of nitrogens with one attached hydrogen (secondary N) is 2. The van der Waals surface area contributed by atoms with Crippen LogP contribution in [-0.4, -0.2) is 30.7 Å². The lowest BCUT2D eigenvalue weighted by Crippen LogP contribution is -2.42. The van der Waals surface area contributed by atoms with Gasteiger partial charge in [0.1, 0.15) is 11.6 Å². The number of hydrazine groups is 1. The Balaban J connectivity index is 1.83. The molecule has 5 nitrogen and oxygen atoms in total. The number of amides is 2. The van der Waals surface area contributed by atoms with Gasteiger partial charge in [-0.1, -0.05) is 0 Å². The van der Waals surface area contributed by atoms with Gasteiger partial charge in [0.15, 0.2) is 0 Å². The highest BCUT2D eigenvalue weighted by Crippen LogP contribution is 2.22. The number of benzene rings is 2. The molecule has 0 fully saturated rings. The monoisotopic (exact) mass is 393 g/mol. The number of hydrogen-bond acceptors (Lipinski definition) is 4. The second-order valence-corrected chi connectivity index (χ2v) is 6.60. The van der Waals surface area contributed by atoms with Crippen LogP contribution in [0, 0.1) is 11.6 Å². The molecule has 0 radical (unpaired) electrons. The van der Waals surface area contributed by atoms with Crippen molar-refractivity contribution < 1.29 is 18.4 Å². The minimum absolute atomic E-state index is 0.121. The molecular weight excluding hydrogens is 372 g/mol. The van der Waals surface area contributed by atoms with Crippen LogP contribution in [-0.2, 0) is 4.79 Å². The van der Waals surface area contributed by atoms with Crippen molar-refractivity contribution in [3.8, 4) is 0 Å². The van der Waals surface area contributed by atoms with E-state index in [4.69, 9.17) is 0 Å². The van der Waals surface area contributed by atoms with Crippen LogP contribution in [0.1, 0.15) is 24.2 Å². The first-order chi connectivity index (χ1) is 12.9. The van der Waals surface area contributed by atoms with Gasteiger partial charge >= 0.3 is 0 Å². The summed E-state index contributed by atoms with van der Waals surface area (Å²) in [4.78, 5) is 26.2. The first-order valence-electron chi connectivity index (χ1n) is 8.46. The molecule has 144 valence electrons. The van der Waals surface area contributed by atoms with E-state index in [1.807, 2.05) is 12.1 Å². The van der Waals surface area contributed by atoms with E-state index >= 15 is 0 Å². The average Bonchev–Trinajstić information content (AvgIpc) is 2.67. The van der Waals surface area contributed by atoms with Gasteiger partial charge in [-0.05, 0) is 50.2 Å². The maximum absolute atomic E-state index is 13.5. The Morgan fingerprint density at radius 3 is 2.26 bits per heavy atom. The molecule has 2 aromatic carbocycles. The minimum Gasteiger partial charge on any atom is -0.372 e. The van der Waals surface area contributed by atoms with Crippen LogP contribution in [0.4, 0.5) is 14.5 Å². The summed E-state index contributed by atoms with van der Waals surface area (Å²) in [5, 5.41) is 0. The van der Waals surface area contributed by atoms with Crippen LogP contribution >= 0.6 is 11.8 Å². The molecule has 0 aliphatic heterocycles. The molecule has 0 saturated carbocycles. The summed E-state index contributed by atoms with van der Waals surface area (Å²) >= 11 is 0.911. The van der Waals surface area contributed by atoms with Crippen LogP contribution in [0.3, 0.4) is 0 Å². The van der Waals surface area contributed by atoms with E-state index in [0.717, 1.165) is 42.7 Å². The summed E-state index contributed by atoms with van der Waals surface area (Å²) in [5.74, 6) is -2.49. The molecule has 0 aromatic heterocycles. The third-order valence-electron chi connectivity index (χ3n) is 3.83. The van der Waals surface area contributed by atoms with Crippen molar-refractivity contribution in [2.24, 2.45) is 0 Å². The highest BCUT2D eigenvalue weighted by molar-refractivity contribution is 8.00. The van der Waals surface area contributed by atoms with Crippen LogP contribution in [0.2, 0.25) is 0 Å². The van der Waals surface area contributed by atoms with Gasteiger partial charge in [-0.3, -0.25) is 20.4 Å². The summed E-state index contributed by atoms with van der Waals surface area (Å²) in [6.45, 7) is 5.83. The third-order valence-corrected chi connectivity index (χ3v) is 4.87. The van der Waals surface area contributed by atoms with Gasteiger partial charge in [0.05, 0.1) is 5.75 Å². The number of rotatable bonds is 7. The second kappa shape index (κ2) is 9.91. The molecule has 27 heavy (non-hydrogen) atoms. The van der Waals surface area contributed by atoms with Crippen molar-refractivity contribution in [1.29, 1.82) is 0 Å². The summed E-state index contributed by atoms with van der Waals surface area (Å²) < 4.78 is 26.4. The molecule has 0 unspecified atom stereocenters. The zero-order valence-corrected chi connectivity index (χ0v) is 15.9. The van der Waals surface area contributed by atoms with Crippen LogP contribution < -0.4 is 15.8 Å². The fourth-order valence-electron chi connectivity index (χ4n) is 2.38. The number of nitrogens with zero attached hydrogens (tertiary/aromatic N) is 1. The van der Waals surface area contributed by atoms with Crippen molar-refractivity contribution in [3.05, 3.63) is 59.7 Å². The molecular formula is C19H21F2N3O2S. The predicted octanol–water partition coefficient (Wildman–Crippen LogP) is 3.36. The van der Waals surface area contributed by atoms with Gasteiger partial charge in [0.25, 0.3) is 5.91 Å². The number of thioether (sulfide) groups is 1. The number of hydrogen-bond donors (Lipinski definition) is 2. The number of carbonyl (C=O) groups is 2. The summed E-state index contributed by atoms with van der Waals surface area (Å²) in [6.07, 6.45) is 0. The highest BCUT2D eigenvalue weighted by Gasteiger charge is 2.11.